The van der Waals surface area contributed by atoms with Crippen molar-refractivity contribution < 1.29 is 6.85 Å². The van der Waals surface area contributed by atoms with Crippen LogP contribution >= 0.6 is 0 Å². The summed E-state index contributed by atoms with van der Waals surface area (Å²) in [5, 5.41) is 2.39. The highest BCUT2D eigenvalue weighted by Gasteiger charge is 1.84. The van der Waals surface area contributed by atoms with E-state index >= 15 is 0 Å². The van der Waals surface area contributed by atoms with Crippen LogP contribution in [0.2, 0.25) is 0 Å². The lowest BCUT2D eigenvalue weighted by atomic mass is 10.3. The lowest BCUT2D eigenvalue weighted by molar-refractivity contribution is 0.728. The average Bonchev–Trinajstić information content (AvgIpc) is 1.97. The van der Waals surface area contributed by atoms with E-state index in [1.165, 1.54) is 0 Å². The molecule has 1 heterocycles. The Morgan fingerprint density at radius 3 is 3.83 bits per heavy atom. The van der Waals surface area contributed by atoms with Crippen LogP contribution < -0.4 is 5.32 Å². The predicted octanol–water partition coefficient (Wildman–Crippen LogP) is 0.536. The highest BCUT2D eigenvalue weighted by molar-refractivity contribution is 4.88. The molecule has 1 rings (SSSR count). The minimum absolute atomic E-state index is 0.200. The zero-order valence-corrected chi connectivity index (χ0v) is 3.23. The van der Waals surface area contributed by atoms with E-state index in [0.717, 1.165) is 0 Å². The van der Waals surface area contributed by atoms with Gasteiger partial charge >= 0.3 is 0 Å². The van der Waals surface area contributed by atoms with Crippen molar-refractivity contribution in [3.05, 3.63) is 12.1 Å². The molecule has 1 heteroatoms. The molecule has 1 N–H and O–H groups in total. The predicted molar refractivity (Wildman–Crippen MR) is 26.6 cm³/mol. The average molecular weight is 88.2 g/mol. The van der Waals surface area contributed by atoms with Gasteiger partial charge in [0.2, 0.25) is 0 Å². The van der Waals surface area contributed by atoms with Crippen molar-refractivity contribution >= 4 is 0 Å². The Balaban J connectivity index is 2.89. The topological polar surface area (TPSA) is 12.0 Å². The van der Waals surface area contributed by atoms with Crippen molar-refractivity contribution in [1.82, 2.24) is 5.32 Å². The van der Waals surface area contributed by atoms with Crippen molar-refractivity contribution in [2.75, 3.05) is 13.0 Å². The fourth-order valence-electron chi connectivity index (χ4n) is 0.269. The molecule has 0 spiro atoms. The van der Waals surface area contributed by atoms with E-state index in [0.29, 0.717) is 0 Å². The van der Waals surface area contributed by atoms with E-state index in [2.05, 4.69) is 5.32 Å². The molecule has 0 aromatic rings. The molecule has 0 saturated heterocycles. The second-order valence-electron chi connectivity index (χ2n) is 0.933. The molecule has 0 aromatic carbocycles. The number of hydrogen-bond acceptors (Lipinski definition) is 1. The molecule has 1 aliphatic heterocycles. The van der Waals surface area contributed by atoms with Gasteiger partial charge in [-0.1, -0.05) is 12.1 Å². The van der Waals surface area contributed by atoms with Gasteiger partial charge in [-0.05, 0) is 12.9 Å². The van der Waals surface area contributed by atoms with E-state index in [9.17, 15) is 0 Å². The smallest absolute Gasteiger partial charge is 0.0586 e. The van der Waals surface area contributed by atoms with Crippen LogP contribution in [0.15, 0.2) is 12.1 Å². The Hall–Kier alpha value is -0.300. The first-order chi connectivity index (χ1) is 5.04. The molecule has 0 fully saturated rings. The minimum atomic E-state index is -1.02. The van der Waals surface area contributed by atoms with Crippen LogP contribution in [-0.2, 0) is 0 Å². The van der Waals surface area contributed by atoms with E-state index in [1.807, 2.05) is 0 Å². The van der Waals surface area contributed by atoms with Crippen molar-refractivity contribution in [3.8, 4) is 0 Å². The van der Waals surface area contributed by atoms with Gasteiger partial charge in [-0.2, -0.15) is 0 Å². The fourth-order valence-corrected chi connectivity index (χ4v) is 0.269. The second-order valence-corrected chi connectivity index (χ2v) is 0.933. The van der Waals surface area contributed by atoms with Gasteiger partial charge in [0.1, 0.15) is 0 Å². The summed E-state index contributed by atoms with van der Waals surface area (Å²) in [7, 11) is 0. The lowest BCUT2D eigenvalue weighted by Crippen LogP contribution is -2.17. The molecule has 0 saturated carbocycles. The first kappa shape index (κ1) is 1.10. The maximum absolute atomic E-state index is 7.21. The Bertz CT molecular complexity index is 191. The van der Waals surface area contributed by atoms with E-state index in [-0.39, 0.29) is 12.1 Å². The molecule has 0 aromatic heterocycles. The Labute approximate surface area is 45.1 Å². The number of rotatable bonds is 0. The maximum atomic E-state index is 7.21. The van der Waals surface area contributed by atoms with Gasteiger partial charge in [0.25, 0.3) is 0 Å². The van der Waals surface area contributed by atoms with Crippen molar-refractivity contribution in [2.45, 2.75) is 6.40 Å². The molecule has 0 bridgehead atoms. The SMILES string of the molecule is [2H]C1=C([2H])C([2H])C([2H])NC1[2H]. The van der Waals surface area contributed by atoms with Gasteiger partial charge in [-0.3, -0.25) is 0 Å². The largest absolute Gasteiger partial charge is 0.313 e. The van der Waals surface area contributed by atoms with Crippen LogP contribution in [0.4, 0.5) is 0 Å². The van der Waals surface area contributed by atoms with Crippen LogP contribution in [0, 0.1) is 0 Å². The molecular weight excluding hydrogens is 74.1 g/mol. The quantitative estimate of drug-likeness (QED) is 0.426. The van der Waals surface area contributed by atoms with E-state index < -0.39 is 19.4 Å². The van der Waals surface area contributed by atoms with Gasteiger partial charge in [0.05, 0.1) is 2.74 Å². The standard InChI is InChI=1S/C5H9N/c1-2-4-6-5-3-1/h1-2,6H,3-5H2/i1D,2D,3D,4D,5D. The molecule has 0 radical (unpaired) electrons. The molecule has 1 aliphatic rings. The minimum Gasteiger partial charge on any atom is -0.313 e. The summed E-state index contributed by atoms with van der Waals surface area (Å²) >= 11 is 0. The molecule has 0 aliphatic carbocycles. The highest BCUT2D eigenvalue weighted by atomic mass is 14.8. The van der Waals surface area contributed by atoms with Gasteiger partial charge in [0.15, 0.2) is 0 Å². The third-order valence-electron chi connectivity index (χ3n) is 0.502. The zero-order chi connectivity index (χ0) is 8.59. The van der Waals surface area contributed by atoms with Crippen LogP contribution in [-0.4, -0.2) is 13.0 Å². The van der Waals surface area contributed by atoms with Crippen molar-refractivity contribution in [3.63, 3.8) is 0 Å². The third kappa shape index (κ3) is 0.830. The molecule has 3 unspecified atom stereocenters. The Morgan fingerprint density at radius 1 is 1.83 bits per heavy atom. The zero-order valence-electron chi connectivity index (χ0n) is 8.23. The summed E-state index contributed by atoms with van der Waals surface area (Å²) < 4.78 is 35.8. The molecule has 6 heavy (non-hydrogen) atoms. The fraction of sp³-hybridized carbons (Fsp3) is 0.600. The van der Waals surface area contributed by atoms with Crippen LogP contribution in [0.1, 0.15) is 13.3 Å². The van der Waals surface area contributed by atoms with E-state index in [1.54, 1.807) is 0 Å². The second kappa shape index (κ2) is 1.98. The summed E-state index contributed by atoms with van der Waals surface area (Å²) in [6.07, 6.45) is -1.02. The maximum Gasteiger partial charge on any atom is 0.0586 e. The molecule has 0 amide bonds. The summed E-state index contributed by atoms with van der Waals surface area (Å²) in [6.45, 7) is -1.95. The molecule has 34 valence electrons. The van der Waals surface area contributed by atoms with E-state index in [4.69, 9.17) is 6.85 Å². The van der Waals surface area contributed by atoms with Crippen LogP contribution in [0.3, 0.4) is 0 Å². The normalized spacial score (nSPS) is 73.3. The summed E-state index contributed by atoms with van der Waals surface area (Å²) in [6, 6.07) is -0.419. The number of hydrogen-bond donors (Lipinski definition) is 1. The van der Waals surface area contributed by atoms with Gasteiger partial charge in [0, 0.05) is 10.6 Å². The molecule has 1 nitrogen and oxygen atoms in total. The monoisotopic (exact) mass is 88.1 g/mol. The summed E-state index contributed by atoms with van der Waals surface area (Å²) in [5.41, 5.74) is 0. The van der Waals surface area contributed by atoms with Crippen molar-refractivity contribution in [1.29, 1.82) is 0 Å². The number of nitrogens with one attached hydrogen (secondary N) is 1. The summed E-state index contributed by atoms with van der Waals surface area (Å²) in [4.78, 5) is 0. The molecule has 3 atom stereocenters. The van der Waals surface area contributed by atoms with Crippen LogP contribution in [0.5, 0.6) is 0 Å². The van der Waals surface area contributed by atoms with Crippen molar-refractivity contribution in [2.24, 2.45) is 0 Å². The highest BCUT2D eigenvalue weighted by Crippen LogP contribution is 1.84. The third-order valence-corrected chi connectivity index (χ3v) is 0.502. The lowest BCUT2D eigenvalue weighted by Gasteiger charge is -2.01. The summed E-state index contributed by atoms with van der Waals surface area (Å²) in [5.74, 6) is 0. The first-order valence-electron chi connectivity index (χ1n) is 4.47. The first-order valence-corrected chi connectivity index (χ1v) is 1.74. The Kier molecular flexibility index (Phi) is 0.363. The van der Waals surface area contributed by atoms with Gasteiger partial charge < -0.3 is 5.32 Å². The van der Waals surface area contributed by atoms with Crippen LogP contribution in [0.25, 0.3) is 0 Å². The van der Waals surface area contributed by atoms with Gasteiger partial charge in [-0.25, -0.2) is 0 Å². The Morgan fingerprint density at radius 2 is 2.83 bits per heavy atom. The molecular formula is C5H9N. The van der Waals surface area contributed by atoms with Gasteiger partial charge in [-0.15, -0.1) is 0 Å².